The highest BCUT2D eigenvalue weighted by Crippen LogP contribution is 2.15. The van der Waals surface area contributed by atoms with Crippen LogP contribution in [0.4, 0.5) is 0 Å². The highest BCUT2D eigenvalue weighted by molar-refractivity contribution is 7.90. The van der Waals surface area contributed by atoms with Crippen LogP contribution in [-0.2, 0) is 16.4 Å². The van der Waals surface area contributed by atoms with E-state index in [0.717, 1.165) is 11.1 Å². The molecule has 0 aliphatic carbocycles. The Morgan fingerprint density at radius 1 is 0.931 bits per heavy atom. The zero-order chi connectivity index (χ0) is 20.9. The summed E-state index contributed by atoms with van der Waals surface area (Å²) in [6.45, 7) is 1.87. The van der Waals surface area contributed by atoms with Gasteiger partial charge in [-0.3, -0.25) is 4.79 Å². The smallest absolute Gasteiger partial charge is 0.283 e. The number of benzene rings is 3. The van der Waals surface area contributed by atoms with Crippen molar-refractivity contribution in [2.45, 2.75) is 18.2 Å². The predicted octanol–water partition coefficient (Wildman–Crippen LogP) is 4.41. The minimum Gasteiger partial charge on any atom is -0.309 e. The Labute approximate surface area is 175 Å². The summed E-state index contributed by atoms with van der Waals surface area (Å²) in [6, 6.07) is 21.9. The van der Waals surface area contributed by atoms with Gasteiger partial charge < -0.3 is 5.32 Å². The summed E-state index contributed by atoms with van der Waals surface area (Å²) in [7, 11) is -3.98. The standard InChI is InChI=1S/C22H19ClN2O3S/c1-16-7-13-20(14-8-16)29(27,28)25-21(15-17-5-3-2-4-6-17)24-22(26)18-9-11-19(23)12-10-18/h2-14H,15H2,1H3,(H,24,25,26). The van der Waals surface area contributed by atoms with Crippen molar-refractivity contribution in [2.75, 3.05) is 0 Å². The fourth-order valence-corrected chi connectivity index (χ4v) is 3.71. The van der Waals surface area contributed by atoms with Gasteiger partial charge in [0.05, 0.1) is 4.90 Å². The lowest BCUT2D eigenvalue weighted by Crippen LogP contribution is -2.32. The fraction of sp³-hybridized carbons (Fsp3) is 0.0909. The van der Waals surface area contributed by atoms with Gasteiger partial charge in [0.2, 0.25) is 0 Å². The molecule has 7 heteroatoms. The number of nitrogens with one attached hydrogen (secondary N) is 1. The summed E-state index contributed by atoms with van der Waals surface area (Å²) >= 11 is 5.86. The molecule has 0 spiro atoms. The van der Waals surface area contributed by atoms with Gasteiger partial charge in [-0.15, -0.1) is 4.40 Å². The number of aryl methyl sites for hydroxylation is 1. The molecule has 0 aliphatic heterocycles. The monoisotopic (exact) mass is 426 g/mol. The van der Waals surface area contributed by atoms with Crippen LogP contribution in [0.25, 0.3) is 0 Å². The van der Waals surface area contributed by atoms with Crippen molar-refractivity contribution in [2.24, 2.45) is 4.40 Å². The highest BCUT2D eigenvalue weighted by Gasteiger charge is 2.17. The van der Waals surface area contributed by atoms with E-state index in [-0.39, 0.29) is 17.2 Å². The molecule has 0 radical (unpaired) electrons. The molecular weight excluding hydrogens is 408 g/mol. The van der Waals surface area contributed by atoms with Crippen molar-refractivity contribution in [1.82, 2.24) is 5.32 Å². The normalized spacial score (nSPS) is 11.9. The van der Waals surface area contributed by atoms with E-state index in [1.165, 1.54) is 12.1 Å². The topological polar surface area (TPSA) is 75.6 Å². The first kappa shape index (κ1) is 20.8. The van der Waals surface area contributed by atoms with Crippen LogP contribution in [0.3, 0.4) is 0 Å². The molecule has 1 N–H and O–H groups in total. The van der Waals surface area contributed by atoms with Crippen molar-refractivity contribution >= 4 is 33.4 Å². The van der Waals surface area contributed by atoms with Crippen molar-refractivity contribution in [1.29, 1.82) is 0 Å². The summed E-state index contributed by atoms with van der Waals surface area (Å²) < 4.78 is 29.4. The van der Waals surface area contributed by atoms with E-state index in [1.807, 2.05) is 37.3 Å². The van der Waals surface area contributed by atoms with Gasteiger partial charge in [0.1, 0.15) is 5.84 Å². The molecule has 0 atom stereocenters. The van der Waals surface area contributed by atoms with E-state index in [4.69, 9.17) is 11.6 Å². The van der Waals surface area contributed by atoms with Crippen LogP contribution < -0.4 is 5.32 Å². The van der Waals surface area contributed by atoms with Gasteiger partial charge in [-0.1, -0.05) is 59.6 Å². The van der Waals surface area contributed by atoms with Crippen LogP contribution in [0, 0.1) is 6.92 Å². The SMILES string of the molecule is Cc1ccc(S(=O)(=O)/N=C(\Cc2ccccc2)NC(=O)c2ccc(Cl)cc2)cc1. The summed E-state index contributed by atoms with van der Waals surface area (Å²) in [5, 5.41) is 3.13. The molecule has 0 fully saturated rings. The largest absolute Gasteiger partial charge is 0.309 e. The minimum absolute atomic E-state index is 0.0386. The summed E-state index contributed by atoms with van der Waals surface area (Å²) in [5.41, 5.74) is 2.11. The maximum atomic E-state index is 12.8. The number of carbonyl (C=O) groups is 1. The molecule has 0 unspecified atom stereocenters. The van der Waals surface area contributed by atoms with Crippen LogP contribution in [-0.4, -0.2) is 20.2 Å². The van der Waals surface area contributed by atoms with Crippen molar-refractivity contribution in [3.05, 3.63) is 101 Å². The maximum Gasteiger partial charge on any atom is 0.283 e. The van der Waals surface area contributed by atoms with Crippen molar-refractivity contribution in [3.8, 4) is 0 Å². The Hall–Kier alpha value is -2.96. The van der Waals surface area contributed by atoms with E-state index < -0.39 is 15.9 Å². The van der Waals surface area contributed by atoms with Gasteiger partial charge in [-0.25, -0.2) is 0 Å². The maximum absolute atomic E-state index is 12.8. The second-order valence-corrected chi connectivity index (χ2v) is 8.49. The van der Waals surface area contributed by atoms with Crippen LogP contribution >= 0.6 is 11.6 Å². The molecule has 3 rings (SSSR count). The molecule has 3 aromatic carbocycles. The molecule has 0 saturated carbocycles. The zero-order valence-electron chi connectivity index (χ0n) is 15.7. The van der Waals surface area contributed by atoms with Gasteiger partial charge in [0.25, 0.3) is 15.9 Å². The minimum atomic E-state index is -3.98. The third-order valence-electron chi connectivity index (χ3n) is 4.13. The molecular formula is C22H19ClN2O3S. The molecule has 0 bridgehead atoms. The molecule has 5 nitrogen and oxygen atoms in total. The number of hydrogen-bond donors (Lipinski definition) is 1. The third-order valence-corrected chi connectivity index (χ3v) is 5.71. The lowest BCUT2D eigenvalue weighted by molar-refractivity contribution is 0.0976. The second-order valence-electron chi connectivity index (χ2n) is 6.45. The van der Waals surface area contributed by atoms with E-state index >= 15 is 0 Å². The van der Waals surface area contributed by atoms with Crippen LogP contribution in [0.5, 0.6) is 0 Å². The van der Waals surface area contributed by atoms with Gasteiger partial charge >= 0.3 is 0 Å². The third kappa shape index (κ3) is 5.76. The Balaban J connectivity index is 1.93. The molecule has 1 amide bonds. The number of carbonyl (C=O) groups excluding carboxylic acids is 1. The second kappa shape index (κ2) is 9.03. The zero-order valence-corrected chi connectivity index (χ0v) is 17.2. The number of halogens is 1. The molecule has 0 aromatic heterocycles. The van der Waals surface area contributed by atoms with E-state index in [9.17, 15) is 13.2 Å². The fourth-order valence-electron chi connectivity index (χ4n) is 2.60. The number of sulfonamides is 1. The number of amides is 1. The van der Waals surface area contributed by atoms with Gasteiger partial charge in [-0.2, -0.15) is 8.42 Å². The highest BCUT2D eigenvalue weighted by atomic mass is 35.5. The molecule has 0 saturated heterocycles. The van der Waals surface area contributed by atoms with Crippen LogP contribution in [0.15, 0.2) is 88.2 Å². The van der Waals surface area contributed by atoms with Crippen LogP contribution in [0.2, 0.25) is 5.02 Å². The average molecular weight is 427 g/mol. The molecule has 148 valence electrons. The molecule has 0 aliphatic rings. The Kier molecular flexibility index (Phi) is 6.46. The molecule has 3 aromatic rings. The van der Waals surface area contributed by atoms with Crippen LogP contribution in [0.1, 0.15) is 21.5 Å². The number of hydrogen-bond acceptors (Lipinski definition) is 3. The summed E-state index contributed by atoms with van der Waals surface area (Å²) in [5.74, 6) is -0.424. The van der Waals surface area contributed by atoms with Crippen molar-refractivity contribution in [3.63, 3.8) is 0 Å². The molecule has 29 heavy (non-hydrogen) atoms. The Morgan fingerprint density at radius 2 is 1.55 bits per heavy atom. The summed E-state index contributed by atoms with van der Waals surface area (Å²) in [4.78, 5) is 12.7. The van der Waals surface area contributed by atoms with Crippen molar-refractivity contribution < 1.29 is 13.2 Å². The Morgan fingerprint density at radius 3 is 2.17 bits per heavy atom. The first-order valence-electron chi connectivity index (χ1n) is 8.85. The lowest BCUT2D eigenvalue weighted by Gasteiger charge is -2.10. The quantitative estimate of drug-likeness (QED) is 0.485. The first-order chi connectivity index (χ1) is 13.8. The van der Waals surface area contributed by atoms with Gasteiger partial charge in [0, 0.05) is 17.0 Å². The van der Waals surface area contributed by atoms with E-state index in [0.29, 0.717) is 10.6 Å². The lowest BCUT2D eigenvalue weighted by atomic mass is 10.1. The first-order valence-corrected chi connectivity index (χ1v) is 10.7. The number of amidine groups is 1. The summed E-state index contributed by atoms with van der Waals surface area (Å²) in [6.07, 6.45) is 0.158. The van der Waals surface area contributed by atoms with Gasteiger partial charge in [-0.05, 0) is 48.9 Å². The van der Waals surface area contributed by atoms with E-state index in [1.54, 1.807) is 36.4 Å². The Bertz CT molecular complexity index is 1120. The van der Waals surface area contributed by atoms with Gasteiger partial charge in [0.15, 0.2) is 0 Å². The number of nitrogens with zero attached hydrogens (tertiary/aromatic N) is 1. The number of rotatable bonds is 5. The van der Waals surface area contributed by atoms with E-state index in [2.05, 4.69) is 9.71 Å². The average Bonchev–Trinajstić information content (AvgIpc) is 2.69. The predicted molar refractivity (Wildman–Crippen MR) is 115 cm³/mol. The molecule has 0 heterocycles.